The number of aromatic nitrogens is 2. The van der Waals surface area contributed by atoms with E-state index in [1.54, 1.807) is 0 Å². The van der Waals surface area contributed by atoms with E-state index < -0.39 is 11.9 Å². The predicted octanol–water partition coefficient (Wildman–Crippen LogP) is 1.74. The van der Waals surface area contributed by atoms with E-state index in [-0.39, 0.29) is 11.8 Å². The molecule has 19 heavy (non-hydrogen) atoms. The molecule has 0 bridgehead atoms. The Morgan fingerprint density at radius 1 is 1.42 bits per heavy atom. The molecule has 0 aliphatic rings. The normalized spacial score (nSPS) is 13.7. The van der Waals surface area contributed by atoms with Crippen LogP contribution in [0.5, 0.6) is 0 Å². The Kier molecular flexibility index (Phi) is 3.32. The number of fused-ring (bicyclic) bond motifs is 1. The van der Waals surface area contributed by atoms with Crippen molar-refractivity contribution < 1.29 is 4.79 Å². The maximum absolute atomic E-state index is 10.9. The fourth-order valence-corrected chi connectivity index (χ4v) is 1.98. The summed E-state index contributed by atoms with van der Waals surface area (Å²) in [6, 6.07) is 5.62. The van der Waals surface area contributed by atoms with Crippen LogP contribution in [-0.2, 0) is 10.2 Å². The van der Waals surface area contributed by atoms with E-state index in [9.17, 15) is 4.79 Å². The second-order valence-corrected chi connectivity index (χ2v) is 5.88. The Labute approximate surface area is 112 Å². The zero-order valence-corrected chi connectivity index (χ0v) is 11.5. The lowest BCUT2D eigenvalue weighted by Crippen LogP contribution is -2.21. The van der Waals surface area contributed by atoms with Crippen LogP contribution in [0.15, 0.2) is 18.2 Å². The monoisotopic (exact) mass is 260 g/mol. The van der Waals surface area contributed by atoms with Gasteiger partial charge in [0.1, 0.15) is 5.82 Å². The first-order valence-corrected chi connectivity index (χ1v) is 6.31. The summed E-state index contributed by atoms with van der Waals surface area (Å²) in [6.07, 6.45) is 0.0892. The van der Waals surface area contributed by atoms with Gasteiger partial charge < -0.3 is 16.5 Å². The van der Waals surface area contributed by atoms with Crippen LogP contribution in [0, 0.1) is 0 Å². The van der Waals surface area contributed by atoms with Crippen LogP contribution in [0.25, 0.3) is 11.0 Å². The smallest absolute Gasteiger partial charge is 0.219 e. The number of carbonyl (C=O) groups excluding carboxylic acids is 1. The third kappa shape index (κ3) is 2.93. The minimum absolute atomic E-state index is 0.0782. The van der Waals surface area contributed by atoms with Gasteiger partial charge in [0.05, 0.1) is 17.1 Å². The largest absolute Gasteiger partial charge is 0.370 e. The van der Waals surface area contributed by atoms with Crippen molar-refractivity contribution in [3.8, 4) is 0 Å². The molecule has 0 fully saturated rings. The predicted molar refractivity (Wildman–Crippen MR) is 75.5 cm³/mol. The highest BCUT2D eigenvalue weighted by molar-refractivity contribution is 5.77. The molecule has 2 aromatic rings. The van der Waals surface area contributed by atoms with Crippen molar-refractivity contribution in [1.82, 2.24) is 9.97 Å². The molecule has 1 amide bonds. The first-order chi connectivity index (χ1) is 8.77. The van der Waals surface area contributed by atoms with Crippen molar-refractivity contribution in [3.05, 3.63) is 29.6 Å². The van der Waals surface area contributed by atoms with Gasteiger partial charge in [-0.25, -0.2) is 4.98 Å². The van der Waals surface area contributed by atoms with Gasteiger partial charge in [-0.3, -0.25) is 4.79 Å². The molecular formula is C14H20N4O. The van der Waals surface area contributed by atoms with Crippen LogP contribution in [-0.4, -0.2) is 15.9 Å². The van der Waals surface area contributed by atoms with E-state index in [4.69, 9.17) is 11.5 Å². The number of primary amides is 1. The fourth-order valence-electron chi connectivity index (χ4n) is 1.98. The summed E-state index contributed by atoms with van der Waals surface area (Å²) in [4.78, 5) is 18.5. The molecule has 0 spiro atoms. The Balaban J connectivity index is 2.38. The molecule has 0 unspecified atom stereocenters. The number of imidazole rings is 1. The molecule has 0 saturated heterocycles. The van der Waals surface area contributed by atoms with E-state index in [2.05, 4.69) is 42.9 Å². The molecule has 5 heteroatoms. The molecule has 5 nitrogen and oxygen atoms in total. The van der Waals surface area contributed by atoms with Crippen molar-refractivity contribution in [1.29, 1.82) is 0 Å². The average Bonchev–Trinajstić information content (AvgIpc) is 2.69. The zero-order chi connectivity index (χ0) is 14.2. The van der Waals surface area contributed by atoms with E-state index in [0.717, 1.165) is 11.0 Å². The number of benzene rings is 1. The number of rotatable bonds is 3. The van der Waals surface area contributed by atoms with Crippen molar-refractivity contribution in [2.45, 2.75) is 38.6 Å². The molecule has 102 valence electrons. The number of nitrogens with two attached hydrogens (primary N) is 2. The number of aromatic amines is 1. The third-order valence-electron chi connectivity index (χ3n) is 3.14. The molecule has 0 aliphatic carbocycles. The van der Waals surface area contributed by atoms with Gasteiger partial charge in [0, 0.05) is 6.42 Å². The maximum atomic E-state index is 10.9. The van der Waals surface area contributed by atoms with Gasteiger partial charge in [-0.1, -0.05) is 26.8 Å². The highest BCUT2D eigenvalue weighted by atomic mass is 16.1. The van der Waals surface area contributed by atoms with Gasteiger partial charge in [0.25, 0.3) is 0 Å². The minimum Gasteiger partial charge on any atom is -0.370 e. The molecule has 0 radical (unpaired) electrons. The van der Waals surface area contributed by atoms with Crippen LogP contribution in [0.4, 0.5) is 0 Å². The quantitative estimate of drug-likeness (QED) is 0.783. The highest BCUT2D eigenvalue weighted by Gasteiger charge is 2.17. The van der Waals surface area contributed by atoms with Gasteiger partial charge in [-0.2, -0.15) is 0 Å². The van der Waals surface area contributed by atoms with Crippen molar-refractivity contribution >= 4 is 16.9 Å². The zero-order valence-electron chi connectivity index (χ0n) is 11.5. The summed E-state index contributed by atoms with van der Waals surface area (Å²) in [5.41, 5.74) is 14.1. The van der Waals surface area contributed by atoms with Gasteiger partial charge in [0.2, 0.25) is 5.91 Å². The number of nitrogens with one attached hydrogen (secondary N) is 1. The van der Waals surface area contributed by atoms with E-state index in [1.165, 1.54) is 5.56 Å². The lowest BCUT2D eigenvalue weighted by molar-refractivity contribution is -0.118. The molecule has 1 aromatic heterocycles. The molecule has 1 atom stereocenters. The maximum Gasteiger partial charge on any atom is 0.219 e. The molecular weight excluding hydrogens is 240 g/mol. The number of hydrogen-bond donors (Lipinski definition) is 3. The summed E-state index contributed by atoms with van der Waals surface area (Å²) < 4.78 is 0. The van der Waals surface area contributed by atoms with Gasteiger partial charge in [-0.05, 0) is 23.1 Å². The van der Waals surface area contributed by atoms with Crippen molar-refractivity contribution in [2.75, 3.05) is 0 Å². The minimum atomic E-state index is -0.483. The Morgan fingerprint density at radius 3 is 2.68 bits per heavy atom. The summed E-state index contributed by atoms with van der Waals surface area (Å²) in [5, 5.41) is 0. The number of hydrogen-bond acceptors (Lipinski definition) is 3. The number of nitrogens with zero attached hydrogens (tertiary/aromatic N) is 1. The van der Waals surface area contributed by atoms with Crippen LogP contribution >= 0.6 is 0 Å². The summed E-state index contributed by atoms with van der Waals surface area (Å²) >= 11 is 0. The van der Waals surface area contributed by atoms with Crippen LogP contribution in [0.1, 0.15) is 44.6 Å². The number of H-pyrrole nitrogens is 1. The topological polar surface area (TPSA) is 97.8 Å². The SMILES string of the molecule is CC(C)(C)c1ccc2nc([C@H](N)CC(N)=O)[nH]c2c1. The van der Waals surface area contributed by atoms with Crippen LogP contribution in [0.3, 0.4) is 0 Å². The standard InChI is InChI=1S/C14H20N4O/c1-14(2,3)8-4-5-10-11(6-8)18-13(17-10)9(15)7-12(16)19/h4-6,9H,7,15H2,1-3H3,(H2,16,19)(H,17,18)/t9-/m1/s1. The van der Waals surface area contributed by atoms with Gasteiger partial charge in [-0.15, -0.1) is 0 Å². The summed E-state index contributed by atoms with van der Waals surface area (Å²) in [6.45, 7) is 6.47. The van der Waals surface area contributed by atoms with Crippen molar-refractivity contribution in [3.63, 3.8) is 0 Å². The molecule has 1 heterocycles. The summed E-state index contributed by atoms with van der Waals surface area (Å²) in [5.74, 6) is 0.170. The Bertz CT molecular complexity index is 609. The fraction of sp³-hybridized carbons (Fsp3) is 0.429. The highest BCUT2D eigenvalue weighted by Crippen LogP contribution is 2.26. The molecule has 1 aromatic carbocycles. The Hall–Kier alpha value is -1.88. The first kappa shape index (κ1) is 13.5. The summed E-state index contributed by atoms with van der Waals surface area (Å²) in [7, 11) is 0. The number of carbonyl (C=O) groups is 1. The Morgan fingerprint density at radius 2 is 2.11 bits per heavy atom. The van der Waals surface area contributed by atoms with Gasteiger partial charge in [0.15, 0.2) is 0 Å². The molecule has 5 N–H and O–H groups in total. The lowest BCUT2D eigenvalue weighted by atomic mass is 9.87. The second kappa shape index (κ2) is 4.66. The van der Waals surface area contributed by atoms with E-state index in [0.29, 0.717) is 5.82 Å². The van der Waals surface area contributed by atoms with Crippen LogP contribution in [0.2, 0.25) is 0 Å². The second-order valence-electron chi connectivity index (χ2n) is 5.88. The van der Waals surface area contributed by atoms with Crippen LogP contribution < -0.4 is 11.5 Å². The van der Waals surface area contributed by atoms with Gasteiger partial charge >= 0.3 is 0 Å². The third-order valence-corrected chi connectivity index (χ3v) is 3.14. The molecule has 0 aliphatic heterocycles. The number of amides is 1. The van der Waals surface area contributed by atoms with E-state index >= 15 is 0 Å². The first-order valence-electron chi connectivity index (χ1n) is 6.31. The molecule has 2 rings (SSSR count). The average molecular weight is 260 g/mol. The molecule has 0 saturated carbocycles. The van der Waals surface area contributed by atoms with Crippen molar-refractivity contribution in [2.24, 2.45) is 11.5 Å². The lowest BCUT2D eigenvalue weighted by Gasteiger charge is -2.18. The van der Waals surface area contributed by atoms with E-state index in [1.807, 2.05) is 6.07 Å².